The average molecular weight is 273 g/mol. The first-order valence-electron chi connectivity index (χ1n) is 6.72. The number of hydrogen-bond acceptors (Lipinski definition) is 3. The summed E-state index contributed by atoms with van der Waals surface area (Å²) in [6, 6.07) is 7.89. The minimum absolute atomic E-state index is 0.0576. The molecule has 0 aliphatic heterocycles. The fraction of sp³-hybridized carbons (Fsp3) is 0.400. The first-order chi connectivity index (χ1) is 9.49. The molecule has 0 radical (unpaired) electrons. The summed E-state index contributed by atoms with van der Waals surface area (Å²) in [7, 11) is 0. The van der Waals surface area contributed by atoms with Crippen LogP contribution in [-0.4, -0.2) is 25.8 Å². The minimum Gasteiger partial charge on any atom is -0.481 e. The molecule has 0 fully saturated rings. The van der Waals surface area contributed by atoms with E-state index in [-0.39, 0.29) is 12.3 Å². The number of carbonyl (C=O) groups is 1. The van der Waals surface area contributed by atoms with Crippen LogP contribution in [0.15, 0.2) is 24.3 Å². The van der Waals surface area contributed by atoms with Crippen molar-refractivity contribution in [3.8, 4) is 5.69 Å². The molecular formula is C15H19N3O2. The Balaban J connectivity index is 2.44. The summed E-state index contributed by atoms with van der Waals surface area (Å²) in [5.41, 5.74) is 2.04. The highest BCUT2D eigenvalue weighted by Crippen LogP contribution is 2.18. The van der Waals surface area contributed by atoms with Gasteiger partial charge in [0.2, 0.25) is 0 Å². The number of nitrogens with zero attached hydrogens (tertiary/aromatic N) is 3. The summed E-state index contributed by atoms with van der Waals surface area (Å²) in [6.07, 6.45) is 0.436. The lowest BCUT2D eigenvalue weighted by molar-refractivity contribution is -0.137. The van der Waals surface area contributed by atoms with Crippen LogP contribution in [-0.2, 0) is 11.2 Å². The Kier molecular flexibility index (Phi) is 4.17. The lowest BCUT2D eigenvalue weighted by Gasteiger charge is -2.08. The van der Waals surface area contributed by atoms with Crippen molar-refractivity contribution in [2.45, 2.75) is 39.5 Å². The van der Waals surface area contributed by atoms with Gasteiger partial charge in [0.1, 0.15) is 5.82 Å². The van der Waals surface area contributed by atoms with Gasteiger partial charge in [0.05, 0.1) is 12.1 Å². The molecule has 1 aromatic heterocycles. The van der Waals surface area contributed by atoms with Crippen LogP contribution in [0.5, 0.6) is 0 Å². The van der Waals surface area contributed by atoms with Crippen molar-refractivity contribution in [1.29, 1.82) is 0 Å². The first-order valence-corrected chi connectivity index (χ1v) is 6.72. The van der Waals surface area contributed by atoms with Crippen molar-refractivity contribution >= 4 is 5.97 Å². The number of carboxylic acid groups (broad SMARTS) is 1. The van der Waals surface area contributed by atoms with Crippen LogP contribution >= 0.6 is 0 Å². The number of carboxylic acids is 1. The Bertz CT molecular complexity index is 617. The molecule has 0 aliphatic rings. The van der Waals surface area contributed by atoms with Crippen LogP contribution in [0.2, 0.25) is 0 Å². The lowest BCUT2D eigenvalue weighted by atomic mass is 10.2. The van der Waals surface area contributed by atoms with E-state index in [9.17, 15) is 4.79 Å². The maximum atomic E-state index is 10.8. The summed E-state index contributed by atoms with van der Waals surface area (Å²) < 4.78 is 1.77. The van der Waals surface area contributed by atoms with Crippen molar-refractivity contribution in [3.05, 3.63) is 41.5 Å². The molecule has 1 heterocycles. The molecule has 2 rings (SSSR count). The van der Waals surface area contributed by atoms with Gasteiger partial charge in [-0.15, -0.1) is 0 Å². The van der Waals surface area contributed by atoms with Gasteiger partial charge in [-0.25, -0.2) is 9.67 Å². The summed E-state index contributed by atoms with van der Waals surface area (Å²) in [4.78, 5) is 15.3. The lowest BCUT2D eigenvalue weighted by Crippen LogP contribution is -2.07. The zero-order valence-electron chi connectivity index (χ0n) is 12.0. The molecule has 5 nitrogen and oxygen atoms in total. The highest BCUT2D eigenvalue weighted by molar-refractivity contribution is 5.66. The quantitative estimate of drug-likeness (QED) is 0.909. The normalized spacial score (nSPS) is 11.0. The van der Waals surface area contributed by atoms with E-state index in [1.165, 1.54) is 0 Å². The second kappa shape index (κ2) is 5.86. The third-order valence-electron chi connectivity index (χ3n) is 3.11. The Morgan fingerprint density at radius 3 is 2.65 bits per heavy atom. The van der Waals surface area contributed by atoms with E-state index in [1.807, 2.05) is 45.0 Å². The maximum Gasteiger partial charge on any atom is 0.303 e. The Morgan fingerprint density at radius 1 is 1.35 bits per heavy atom. The second-order valence-corrected chi connectivity index (χ2v) is 5.13. The fourth-order valence-electron chi connectivity index (χ4n) is 1.98. The molecule has 2 aromatic rings. The summed E-state index contributed by atoms with van der Waals surface area (Å²) in [5.74, 6) is 0.832. The van der Waals surface area contributed by atoms with Crippen LogP contribution < -0.4 is 0 Å². The second-order valence-electron chi connectivity index (χ2n) is 5.13. The van der Waals surface area contributed by atoms with Crippen molar-refractivity contribution in [2.75, 3.05) is 0 Å². The van der Waals surface area contributed by atoms with E-state index in [0.29, 0.717) is 12.2 Å². The van der Waals surface area contributed by atoms with Crippen molar-refractivity contribution in [1.82, 2.24) is 14.8 Å². The highest BCUT2D eigenvalue weighted by atomic mass is 16.4. The summed E-state index contributed by atoms with van der Waals surface area (Å²) in [6.45, 7) is 6.06. The zero-order chi connectivity index (χ0) is 14.7. The van der Waals surface area contributed by atoms with Crippen LogP contribution in [0.3, 0.4) is 0 Å². The van der Waals surface area contributed by atoms with Gasteiger partial charge in [-0.1, -0.05) is 32.0 Å². The molecule has 0 spiro atoms. The number of benzene rings is 1. The van der Waals surface area contributed by atoms with E-state index >= 15 is 0 Å². The van der Waals surface area contributed by atoms with Crippen LogP contribution in [0.1, 0.15) is 43.4 Å². The SMILES string of the molecule is Cc1ccccc1-n1nc(C(C)C)nc1CCC(=O)O. The van der Waals surface area contributed by atoms with Gasteiger partial charge in [-0.3, -0.25) is 4.79 Å². The Hall–Kier alpha value is -2.17. The van der Waals surface area contributed by atoms with Crippen molar-refractivity contribution in [2.24, 2.45) is 0 Å². The van der Waals surface area contributed by atoms with Crippen LogP contribution in [0.4, 0.5) is 0 Å². The molecule has 0 saturated heterocycles. The van der Waals surface area contributed by atoms with E-state index in [2.05, 4.69) is 10.1 Å². The third-order valence-corrected chi connectivity index (χ3v) is 3.11. The molecule has 106 valence electrons. The average Bonchev–Trinajstić information content (AvgIpc) is 2.81. The van der Waals surface area contributed by atoms with E-state index < -0.39 is 5.97 Å². The molecule has 0 saturated carbocycles. The van der Waals surface area contributed by atoms with Crippen LogP contribution in [0.25, 0.3) is 5.69 Å². The smallest absolute Gasteiger partial charge is 0.303 e. The molecule has 1 aromatic carbocycles. The highest BCUT2D eigenvalue weighted by Gasteiger charge is 2.15. The number of rotatable bonds is 5. The third kappa shape index (κ3) is 3.04. The standard InChI is InChI=1S/C15H19N3O2/c1-10(2)15-16-13(8-9-14(19)20)18(17-15)12-7-5-4-6-11(12)3/h4-7,10H,8-9H2,1-3H3,(H,19,20). The Labute approximate surface area is 118 Å². The predicted octanol–water partition coefficient (Wildman–Crippen LogP) is 2.72. The van der Waals surface area contributed by atoms with Crippen molar-refractivity contribution < 1.29 is 9.90 Å². The molecule has 0 unspecified atom stereocenters. The maximum absolute atomic E-state index is 10.8. The number of aromatic nitrogens is 3. The number of para-hydroxylation sites is 1. The topological polar surface area (TPSA) is 68.0 Å². The molecule has 20 heavy (non-hydrogen) atoms. The van der Waals surface area contributed by atoms with E-state index in [1.54, 1.807) is 4.68 Å². The molecular weight excluding hydrogens is 254 g/mol. The molecule has 0 amide bonds. The summed E-state index contributed by atoms with van der Waals surface area (Å²) in [5, 5.41) is 13.4. The predicted molar refractivity (Wildman–Crippen MR) is 76.1 cm³/mol. The molecule has 0 atom stereocenters. The molecule has 0 bridgehead atoms. The minimum atomic E-state index is -0.824. The van der Waals surface area contributed by atoms with Crippen molar-refractivity contribution in [3.63, 3.8) is 0 Å². The number of aryl methyl sites for hydroxylation is 2. The van der Waals surface area contributed by atoms with E-state index in [4.69, 9.17) is 5.11 Å². The van der Waals surface area contributed by atoms with Gasteiger partial charge >= 0.3 is 5.97 Å². The summed E-state index contributed by atoms with van der Waals surface area (Å²) >= 11 is 0. The molecule has 0 aliphatic carbocycles. The molecule has 5 heteroatoms. The molecule has 1 N–H and O–H groups in total. The van der Waals surface area contributed by atoms with Gasteiger partial charge in [-0.2, -0.15) is 5.10 Å². The van der Waals surface area contributed by atoms with Gasteiger partial charge in [0.25, 0.3) is 0 Å². The fourth-order valence-corrected chi connectivity index (χ4v) is 1.98. The van der Waals surface area contributed by atoms with Crippen LogP contribution in [0, 0.1) is 6.92 Å². The number of aliphatic carboxylic acids is 1. The van der Waals surface area contributed by atoms with Gasteiger partial charge in [0, 0.05) is 12.3 Å². The number of hydrogen-bond donors (Lipinski definition) is 1. The van der Waals surface area contributed by atoms with Gasteiger partial charge in [-0.05, 0) is 18.6 Å². The van der Waals surface area contributed by atoms with Gasteiger partial charge in [0.15, 0.2) is 5.82 Å². The largest absolute Gasteiger partial charge is 0.481 e. The van der Waals surface area contributed by atoms with Gasteiger partial charge < -0.3 is 5.11 Å². The van der Waals surface area contributed by atoms with E-state index in [0.717, 1.165) is 17.1 Å². The zero-order valence-corrected chi connectivity index (χ0v) is 12.0. The Morgan fingerprint density at radius 2 is 2.05 bits per heavy atom. The first kappa shape index (κ1) is 14.2. The monoisotopic (exact) mass is 273 g/mol.